The molecule has 3 rings (SSSR count). The number of benzene rings is 1. The van der Waals surface area contributed by atoms with Crippen LogP contribution in [0.4, 0.5) is 0 Å². The van der Waals surface area contributed by atoms with Gasteiger partial charge in [-0.2, -0.15) is 0 Å². The highest BCUT2D eigenvalue weighted by Crippen LogP contribution is 2.22. The largest absolute Gasteiger partial charge is 0.443 e. The van der Waals surface area contributed by atoms with E-state index < -0.39 is 0 Å². The SMILES string of the molecule is CCNC(=NCc1ccccc1CN1CCCC1=O)NCc1ncc(C(C)(C)C)o1.I. The first-order valence-corrected chi connectivity index (χ1v) is 10.7. The molecule has 1 saturated heterocycles. The Morgan fingerprint density at radius 3 is 2.58 bits per heavy atom. The van der Waals surface area contributed by atoms with Gasteiger partial charge in [0.15, 0.2) is 5.96 Å². The summed E-state index contributed by atoms with van der Waals surface area (Å²) >= 11 is 0. The number of guanidine groups is 1. The van der Waals surface area contributed by atoms with Gasteiger partial charge in [-0.05, 0) is 24.5 Å². The Labute approximate surface area is 202 Å². The highest BCUT2D eigenvalue weighted by Gasteiger charge is 2.21. The number of amides is 1. The van der Waals surface area contributed by atoms with Crippen molar-refractivity contribution < 1.29 is 9.21 Å². The summed E-state index contributed by atoms with van der Waals surface area (Å²) in [5, 5.41) is 6.55. The molecule has 1 fully saturated rings. The van der Waals surface area contributed by atoms with E-state index in [1.807, 2.05) is 24.0 Å². The Morgan fingerprint density at radius 2 is 1.97 bits per heavy atom. The number of carbonyl (C=O) groups excluding carboxylic acids is 1. The van der Waals surface area contributed by atoms with Crippen molar-refractivity contribution in [3.8, 4) is 0 Å². The highest BCUT2D eigenvalue weighted by molar-refractivity contribution is 14.0. The van der Waals surface area contributed by atoms with Gasteiger partial charge in [0, 0.05) is 31.5 Å². The predicted octanol–water partition coefficient (Wildman–Crippen LogP) is 3.97. The molecule has 0 atom stereocenters. The van der Waals surface area contributed by atoms with Gasteiger partial charge in [0.2, 0.25) is 11.8 Å². The molecule has 8 heteroatoms. The van der Waals surface area contributed by atoms with Crippen molar-refractivity contribution >= 4 is 35.8 Å². The number of nitrogens with zero attached hydrogens (tertiary/aromatic N) is 3. The number of likely N-dealkylation sites (tertiary alicyclic amines) is 1. The van der Waals surface area contributed by atoms with Gasteiger partial charge in [-0.15, -0.1) is 24.0 Å². The minimum atomic E-state index is -0.0652. The lowest BCUT2D eigenvalue weighted by Gasteiger charge is -2.18. The summed E-state index contributed by atoms with van der Waals surface area (Å²) < 4.78 is 5.85. The summed E-state index contributed by atoms with van der Waals surface area (Å²) in [4.78, 5) is 23.0. The van der Waals surface area contributed by atoms with Crippen LogP contribution in [0.5, 0.6) is 0 Å². The van der Waals surface area contributed by atoms with E-state index in [9.17, 15) is 4.79 Å². The van der Waals surface area contributed by atoms with Crippen molar-refractivity contribution in [1.29, 1.82) is 0 Å². The molecule has 0 spiro atoms. The number of hydrogen-bond donors (Lipinski definition) is 2. The first-order chi connectivity index (χ1) is 14.4. The van der Waals surface area contributed by atoms with Gasteiger partial charge >= 0.3 is 0 Å². The normalized spacial score (nSPS) is 14.5. The molecule has 0 unspecified atom stereocenters. The fourth-order valence-corrected chi connectivity index (χ4v) is 3.35. The van der Waals surface area contributed by atoms with Crippen molar-refractivity contribution in [1.82, 2.24) is 20.5 Å². The Morgan fingerprint density at radius 1 is 1.23 bits per heavy atom. The molecule has 7 nitrogen and oxygen atoms in total. The van der Waals surface area contributed by atoms with Gasteiger partial charge < -0.3 is 20.0 Å². The number of aromatic nitrogens is 1. The third-order valence-electron chi connectivity index (χ3n) is 5.10. The van der Waals surface area contributed by atoms with Crippen molar-refractivity contribution in [3.05, 3.63) is 53.2 Å². The fraction of sp³-hybridized carbons (Fsp3) is 0.522. The average Bonchev–Trinajstić information content (AvgIpc) is 3.34. The van der Waals surface area contributed by atoms with E-state index >= 15 is 0 Å². The summed E-state index contributed by atoms with van der Waals surface area (Å²) in [6.45, 7) is 11.6. The summed E-state index contributed by atoms with van der Waals surface area (Å²) in [6.07, 6.45) is 3.40. The third kappa shape index (κ3) is 7.22. The van der Waals surface area contributed by atoms with E-state index in [1.165, 1.54) is 0 Å². The van der Waals surface area contributed by atoms with E-state index in [4.69, 9.17) is 9.41 Å². The minimum absolute atomic E-state index is 0. The van der Waals surface area contributed by atoms with Gasteiger partial charge in [-0.1, -0.05) is 45.0 Å². The van der Waals surface area contributed by atoms with Gasteiger partial charge in [0.05, 0.1) is 19.3 Å². The minimum Gasteiger partial charge on any atom is -0.443 e. The summed E-state index contributed by atoms with van der Waals surface area (Å²) in [5.41, 5.74) is 2.21. The van der Waals surface area contributed by atoms with E-state index in [-0.39, 0.29) is 35.3 Å². The van der Waals surface area contributed by atoms with E-state index in [0.29, 0.717) is 37.9 Å². The third-order valence-corrected chi connectivity index (χ3v) is 5.10. The second-order valence-electron chi connectivity index (χ2n) is 8.60. The maximum atomic E-state index is 12.0. The Bertz CT molecular complexity index is 888. The van der Waals surface area contributed by atoms with Gasteiger partial charge in [-0.3, -0.25) is 4.79 Å². The number of rotatable bonds is 7. The molecule has 2 heterocycles. The average molecular weight is 539 g/mol. The van der Waals surface area contributed by atoms with Crippen LogP contribution in [0.25, 0.3) is 0 Å². The lowest BCUT2D eigenvalue weighted by molar-refractivity contribution is -0.128. The molecule has 0 saturated carbocycles. The lowest BCUT2D eigenvalue weighted by atomic mass is 9.94. The number of carbonyl (C=O) groups is 1. The molecule has 0 bridgehead atoms. The van der Waals surface area contributed by atoms with Crippen molar-refractivity contribution in [3.63, 3.8) is 0 Å². The van der Waals surface area contributed by atoms with E-state index in [0.717, 1.165) is 36.4 Å². The molecule has 0 aliphatic carbocycles. The number of halogens is 1. The zero-order valence-electron chi connectivity index (χ0n) is 18.9. The van der Waals surface area contributed by atoms with Crippen molar-refractivity contribution in [2.45, 2.75) is 65.6 Å². The highest BCUT2D eigenvalue weighted by atomic mass is 127. The first-order valence-electron chi connectivity index (χ1n) is 10.7. The van der Waals surface area contributed by atoms with Crippen LogP contribution in [-0.2, 0) is 29.8 Å². The van der Waals surface area contributed by atoms with Gasteiger partial charge in [-0.25, -0.2) is 9.98 Å². The maximum absolute atomic E-state index is 12.0. The molecule has 1 aromatic heterocycles. The summed E-state index contributed by atoms with van der Waals surface area (Å²) in [6, 6.07) is 8.19. The molecular weight excluding hydrogens is 505 g/mol. The van der Waals surface area contributed by atoms with E-state index in [2.05, 4.69) is 48.5 Å². The summed E-state index contributed by atoms with van der Waals surface area (Å²) in [5.74, 6) is 2.45. The van der Waals surface area contributed by atoms with Crippen LogP contribution in [0, 0.1) is 0 Å². The maximum Gasteiger partial charge on any atom is 0.222 e. The molecule has 1 aliphatic rings. The molecule has 2 N–H and O–H groups in total. The topological polar surface area (TPSA) is 82.8 Å². The molecule has 1 aliphatic heterocycles. The van der Waals surface area contributed by atoms with Crippen LogP contribution in [0.15, 0.2) is 39.9 Å². The van der Waals surface area contributed by atoms with E-state index in [1.54, 1.807) is 6.20 Å². The smallest absolute Gasteiger partial charge is 0.222 e. The molecule has 170 valence electrons. The number of nitrogens with one attached hydrogen (secondary N) is 2. The van der Waals surface area contributed by atoms with Crippen molar-refractivity contribution in [2.24, 2.45) is 4.99 Å². The first kappa shape index (κ1) is 25.2. The second-order valence-corrected chi connectivity index (χ2v) is 8.60. The zero-order chi connectivity index (χ0) is 21.6. The zero-order valence-corrected chi connectivity index (χ0v) is 21.2. The second kappa shape index (κ2) is 11.5. The van der Waals surface area contributed by atoms with Gasteiger partial charge in [0.25, 0.3) is 0 Å². The monoisotopic (exact) mass is 539 g/mol. The van der Waals surface area contributed by atoms with Crippen LogP contribution >= 0.6 is 24.0 Å². The molecule has 2 aromatic rings. The van der Waals surface area contributed by atoms with Crippen molar-refractivity contribution in [2.75, 3.05) is 13.1 Å². The molecule has 31 heavy (non-hydrogen) atoms. The number of aliphatic imine (C=N–C) groups is 1. The molecule has 1 aromatic carbocycles. The Balaban J connectivity index is 0.00000341. The van der Waals surface area contributed by atoms with Crippen LogP contribution in [0.1, 0.15) is 63.3 Å². The standard InChI is InChI=1S/C23H33N5O2.HI/c1-5-24-22(27-15-20-25-14-19(30-20)23(2,3)4)26-13-17-9-6-7-10-18(17)16-28-12-8-11-21(28)29;/h6-7,9-10,14H,5,8,11-13,15-16H2,1-4H3,(H2,24,26,27);1H. The molecule has 0 radical (unpaired) electrons. The quantitative estimate of drug-likeness (QED) is 0.316. The predicted molar refractivity (Wildman–Crippen MR) is 133 cm³/mol. The molecular formula is C23H34IN5O2. The van der Waals surface area contributed by atoms with Crippen LogP contribution in [-0.4, -0.2) is 34.8 Å². The number of hydrogen-bond acceptors (Lipinski definition) is 4. The Kier molecular flexibility index (Phi) is 9.33. The number of oxazole rings is 1. The Hall–Kier alpha value is -2.10. The molecule has 1 amide bonds. The fourth-order valence-electron chi connectivity index (χ4n) is 3.35. The van der Waals surface area contributed by atoms with Crippen LogP contribution in [0.2, 0.25) is 0 Å². The van der Waals surface area contributed by atoms with Crippen LogP contribution in [0.3, 0.4) is 0 Å². The summed E-state index contributed by atoms with van der Waals surface area (Å²) in [7, 11) is 0. The van der Waals surface area contributed by atoms with Gasteiger partial charge in [0.1, 0.15) is 5.76 Å². The van der Waals surface area contributed by atoms with Crippen LogP contribution < -0.4 is 10.6 Å². The lowest BCUT2D eigenvalue weighted by Crippen LogP contribution is -2.36.